The Hall–Kier alpha value is -1.34. The van der Waals surface area contributed by atoms with Crippen LogP contribution in [0.25, 0.3) is 0 Å². The lowest BCUT2D eigenvalue weighted by atomic mass is 9.93. The van der Waals surface area contributed by atoms with E-state index in [0.29, 0.717) is 6.61 Å². The lowest BCUT2D eigenvalue weighted by molar-refractivity contribution is -0.0469. The van der Waals surface area contributed by atoms with Crippen LogP contribution in [0.3, 0.4) is 0 Å². The number of nitrogens with two attached hydrogens (primary N) is 1. The molecule has 3 atom stereocenters. The summed E-state index contributed by atoms with van der Waals surface area (Å²) in [4.78, 5) is 5.04. The fourth-order valence-electron chi connectivity index (χ4n) is 4.89. The molecule has 1 aromatic carbocycles. The van der Waals surface area contributed by atoms with Crippen LogP contribution < -0.4 is 5.73 Å². The zero-order valence-electron chi connectivity index (χ0n) is 15.5. The van der Waals surface area contributed by atoms with Gasteiger partial charge in [0.05, 0.1) is 6.61 Å². The van der Waals surface area contributed by atoms with Gasteiger partial charge in [-0.1, -0.05) is 0 Å². The zero-order valence-corrected chi connectivity index (χ0v) is 15.5. The Morgan fingerprint density at radius 2 is 1.81 bits per heavy atom. The second-order valence-corrected chi connectivity index (χ2v) is 8.70. The Morgan fingerprint density at radius 3 is 2.48 bits per heavy atom. The Kier molecular flexibility index (Phi) is 4.55. The van der Waals surface area contributed by atoms with Gasteiger partial charge < -0.3 is 10.5 Å². The fourth-order valence-corrected chi connectivity index (χ4v) is 4.89. The number of hydrogen-bond donors (Lipinski definition) is 1. The van der Waals surface area contributed by atoms with Gasteiger partial charge in [0, 0.05) is 50.4 Å². The van der Waals surface area contributed by atoms with Crippen LogP contribution in [-0.2, 0) is 4.74 Å². The van der Waals surface area contributed by atoms with Crippen molar-refractivity contribution in [2.75, 3.05) is 39.3 Å². The van der Waals surface area contributed by atoms with E-state index in [0.717, 1.165) is 50.7 Å². The van der Waals surface area contributed by atoms with E-state index < -0.39 is 17.7 Å². The van der Waals surface area contributed by atoms with Crippen molar-refractivity contribution >= 4 is 0 Å². The fraction of sp³-hybridized carbons (Fsp3) is 0.619. The van der Waals surface area contributed by atoms with E-state index in [-0.39, 0.29) is 17.6 Å². The first-order chi connectivity index (χ1) is 13.1. The first kappa shape index (κ1) is 17.7. The van der Waals surface area contributed by atoms with Crippen LogP contribution in [0.5, 0.6) is 0 Å². The van der Waals surface area contributed by atoms with Crippen molar-refractivity contribution in [2.45, 2.75) is 37.5 Å². The van der Waals surface area contributed by atoms with E-state index in [1.54, 1.807) is 11.1 Å². The van der Waals surface area contributed by atoms with Gasteiger partial charge in [-0.05, 0) is 54.5 Å². The monoisotopic (exact) mass is 375 g/mol. The molecule has 27 heavy (non-hydrogen) atoms. The van der Waals surface area contributed by atoms with Crippen LogP contribution in [0.4, 0.5) is 8.78 Å². The van der Waals surface area contributed by atoms with Crippen molar-refractivity contribution in [3.63, 3.8) is 0 Å². The van der Waals surface area contributed by atoms with Gasteiger partial charge in [-0.2, -0.15) is 0 Å². The normalized spacial score (nSPS) is 32.3. The molecule has 3 aliphatic heterocycles. The number of benzene rings is 1. The first-order valence-electron chi connectivity index (χ1n) is 10.0. The minimum absolute atomic E-state index is 0.235. The summed E-state index contributed by atoms with van der Waals surface area (Å²) in [5, 5.41) is 0. The Balaban J connectivity index is 1.18. The third-order valence-electron chi connectivity index (χ3n) is 6.51. The molecule has 0 spiro atoms. The van der Waals surface area contributed by atoms with E-state index in [9.17, 15) is 8.78 Å². The number of nitrogens with zero attached hydrogens (tertiary/aromatic N) is 2. The average Bonchev–Trinajstić information content (AvgIpc) is 3.24. The van der Waals surface area contributed by atoms with Crippen molar-refractivity contribution in [3.8, 4) is 0 Å². The molecule has 1 saturated heterocycles. The van der Waals surface area contributed by atoms with Gasteiger partial charge in [0.2, 0.25) is 0 Å². The first-order valence-corrected chi connectivity index (χ1v) is 10.0. The summed E-state index contributed by atoms with van der Waals surface area (Å²) >= 11 is 0. The molecule has 4 nitrogen and oxygen atoms in total. The van der Waals surface area contributed by atoms with Gasteiger partial charge in [0.1, 0.15) is 17.7 Å². The SMILES string of the molecule is N[C@H]1C[C@@H](N2CC3=C(CN(CC4CC4)C3)C2)CO[C@@H]1c1cc(F)ccc1F. The second kappa shape index (κ2) is 6.92. The topological polar surface area (TPSA) is 41.7 Å². The molecule has 0 unspecified atom stereocenters. The molecular formula is C21H27F2N3O. The summed E-state index contributed by atoms with van der Waals surface area (Å²) in [5.41, 5.74) is 9.70. The van der Waals surface area contributed by atoms with Crippen molar-refractivity contribution < 1.29 is 13.5 Å². The minimum atomic E-state index is -0.576. The van der Waals surface area contributed by atoms with Crippen LogP contribution in [0.15, 0.2) is 29.3 Å². The summed E-state index contributed by atoms with van der Waals surface area (Å²) in [6.07, 6.45) is 2.97. The standard InChI is InChI=1S/C21H27F2N3O/c22-16-3-4-19(23)18(5-16)21-20(24)6-17(12-27-21)26-10-14-8-25(7-13-1-2-13)9-15(14)11-26/h3-5,13,17,20-21H,1-2,6-12,24H2/t17-,20+,21-/m1/s1. The van der Waals surface area contributed by atoms with Gasteiger partial charge in [-0.25, -0.2) is 8.78 Å². The van der Waals surface area contributed by atoms with E-state index in [2.05, 4.69) is 9.80 Å². The lowest BCUT2D eigenvalue weighted by Gasteiger charge is -2.39. The summed E-state index contributed by atoms with van der Waals surface area (Å²) in [7, 11) is 0. The number of hydrogen-bond acceptors (Lipinski definition) is 4. The van der Waals surface area contributed by atoms with Gasteiger partial charge in [0.15, 0.2) is 0 Å². The number of rotatable bonds is 4. The molecule has 1 saturated carbocycles. The largest absolute Gasteiger partial charge is 0.370 e. The van der Waals surface area contributed by atoms with Crippen LogP contribution in [-0.4, -0.2) is 61.2 Å². The highest BCUT2D eigenvalue weighted by molar-refractivity contribution is 5.31. The van der Waals surface area contributed by atoms with Crippen LogP contribution >= 0.6 is 0 Å². The van der Waals surface area contributed by atoms with Crippen molar-refractivity contribution in [1.82, 2.24) is 9.80 Å². The molecule has 5 rings (SSSR count). The smallest absolute Gasteiger partial charge is 0.129 e. The van der Waals surface area contributed by atoms with Crippen LogP contribution in [0.1, 0.15) is 30.9 Å². The maximum Gasteiger partial charge on any atom is 0.129 e. The maximum atomic E-state index is 14.1. The number of ether oxygens (including phenoxy) is 1. The van der Waals surface area contributed by atoms with E-state index in [1.165, 1.54) is 25.5 Å². The van der Waals surface area contributed by atoms with Gasteiger partial charge >= 0.3 is 0 Å². The Labute approximate surface area is 158 Å². The summed E-state index contributed by atoms with van der Waals surface area (Å²) in [5.74, 6) is 0.0270. The van der Waals surface area contributed by atoms with Crippen molar-refractivity contribution in [3.05, 3.63) is 46.5 Å². The van der Waals surface area contributed by atoms with Crippen molar-refractivity contribution in [1.29, 1.82) is 0 Å². The third-order valence-corrected chi connectivity index (χ3v) is 6.51. The molecule has 6 heteroatoms. The minimum Gasteiger partial charge on any atom is -0.370 e. The van der Waals surface area contributed by atoms with Gasteiger partial charge in [0.25, 0.3) is 0 Å². The molecule has 146 valence electrons. The predicted octanol–water partition coefficient (Wildman–Crippen LogP) is 2.46. The molecule has 2 N–H and O–H groups in total. The van der Waals surface area contributed by atoms with Crippen LogP contribution in [0, 0.1) is 17.6 Å². The van der Waals surface area contributed by atoms with E-state index in [1.807, 2.05) is 0 Å². The molecule has 0 amide bonds. The molecule has 2 fully saturated rings. The molecule has 4 aliphatic rings. The number of halogens is 2. The molecule has 0 aromatic heterocycles. The molecule has 1 aliphatic carbocycles. The molecule has 0 bridgehead atoms. The summed E-state index contributed by atoms with van der Waals surface area (Å²) < 4.78 is 33.5. The summed E-state index contributed by atoms with van der Waals surface area (Å²) in [6.45, 7) is 5.98. The zero-order chi connectivity index (χ0) is 18.5. The second-order valence-electron chi connectivity index (χ2n) is 8.70. The van der Waals surface area contributed by atoms with Gasteiger partial charge in [-0.15, -0.1) is 0 Å². The van der Waals surface area contributed by atoms with Gasteiger partial charge in [-0.3, -0.25) is 9.80 Å². The highest BCUT2D eigenvalue weighted by Crippen LogP contribution is 2.36. The molecule has 0 radical (unpaired) electrons. The van der Waals surface area contributed by atoms with E-state index in [4.69, 9.17) is 10.5 Å². The summed E-state index contributed by atoms with van der Waals surface area (Å²) in [6, 6.07) is 3.40. The molecule has 3 heterocycles. The average molecular weight is 375 g/mol. The maximum absolute atomic E-state index is 14.1. The highest BCUT2D eigenvalue weighted by atomic mass is 19.1. The lowest BCUT2D eigenvalue weighted by Crippen LogP contribution is -2.49. The van der Waals surface area contributed by atoms with Crippen molar-refractivity contribution in [2.24, 2.45) is 11.7 Å². The Bertz CT molecular complexity index is 746. The van der Waals surface area contributed by atoms with Crippen LogP contribution in [0.2, 0.25) is 0 Å². The predicted molar refractivity (Wildman–Crippen MR) is 99.2 cm³/mol. The molecule has 1 aromatic rings. The Morgan fingerprint density at radius 1 is 1.07 bits per heavy atom. The third kappa shape index (κ3) is 3.56. The quantitative estimate of drug-likeness (QED) is 0.821. The molecular weight excluding hydrogens is 348 g/mol. The highest BCUT2D eigenvalue weighted by Gasteiger charge is 2.39. The van der Waals surface area contributed by atoms with E-state index >= 15 is 0 Å².